The van der Waals surface area contributed by atoms with Crippen LogP contribution in [0.1, 0.15) is 38.2 Å². The maximum absolute atomic E-state index is 3.97. The predicted molar refractivity (Wildman–Crippen MR) is 106 cm³/mol. The van der Waals surface area contributed by atoms with Gasteiger partial charge in [-0.3, -0.25) is 0 Å². The van der Waals surface area contributed by atoms with E-state index in [1.54, 1.807) is 14.6 Å². The second kappa shape index (κ2) is 7.25. The molecule has 0 bridgehead atoms. The Labute approximate surface area is 140 Å². The molecule has 0 spiro atoms. The Hall–Kier alpha value is 0.614. The first kappa shape index (κ1) is 18.7. The summed E-state index contributed by atoms with van der Waals surface area (Å²) < 4.78 is 4.91. The Balaban J connectivity index is 3.09. The third-order valence-electron chi connectivity index (χ3n) is 3.59. The van der Waals surface area contributed by atoms with Crippen LogP contribution in [0.25, 0.3) is 0 Å². The lowest BCUT2D eigenvalue weighted by molar-refractivity contribution is 0.667. The molecule has 0 atom stereocenters. The van der Waals surface area contributed by atoms with Crippen molar-refractivity contribution in [2.75, 3.05) is 0 Å². The average molecular weight is 392 g/mol. The van der Waals surface area contributed by atoms with Crippen molar-refractivity contribution in [3.63, 3.8) is 0 Å². The summed E-state index contributed by atoms with van der Waals surface area (Å²) in [5.41, 5.74) is 1.67. The Kier molecular flexibility index (Phi) is 6.77. The largest absolute Gasteiger partial charge is 0.153 e. The second-order valence-electron chi connectivity index (χ2n) is 7.86. The molecule has 20 heavy (non-hydrogen) atoms. The van der Waals surface area contributed by atoms with Crippen molar-refractivity contribution in [1.29, 1.82) is 0 Å². The fraction of sp³-hybridized carbons (Fsp3) is 0.750. The SMILES string of the molecule is CCCCCCc1c([Si](C)(C)C)sc([Si](C)(C)C)c1Br. The van der Waals surface area contributed by atoms with Gasteiger partial charge in [0.05, 0.1) is 16.1 Å². The fourth-order valence-electron chi connectivity index (χ4n) is 2.49. The molecule has 0 amide bonds. The summed E-state index contributed by atoms with van der Waals surface area (Å²) in [6, 6.07) is 0. The van der Waals surface area contributed by atoms with Crippen LogP contribution >= 0.6 is 27.3 Å². The Morgan fingerprint density at radius 3 is 1.85 bits per heavy atom. The smallest absolute Gasteiger partial charge is 0.0919 e. The molecular formula is C16H31BrSSi2. The Bertz CT molecular complexity index is 439. The number of hydrogen-bond acceptors (Lipinski definition) is 1. The summed E-state index contributed by atoms with van der Waals surface area (Å²) >= 11 is 6.11. The van der Waals surface area contributed by atoms with Gasteiger partial charge in [0.25, 0.3) is 0 Å². The molecule has 0 aliphatic carbocycles. The summed E-state index contributed by atoms with van der Waals surface area (Å²) in [7, 11) is -2.45. The molecule has 0 aliphatic heterocycles. The van der Waals surface area contributed by atoms with Gasteiger partial charge >= 0.3 is 0 Å². The zero-order valence-corrected chi connectivity index (χ0v) is 18.7. The minimum atomic E-state index is -1.23. The van der Waals surface area contributed by atoms with E-state index in [9.17, 15) is 0 Å². The fourth-order valence-corrected chi connectivity index (χ4v) is 11.3. The Morgan fingerprint density at radius 2 is 1.40 bits per heavy atom. The zero-order valence-electron chi connectivity index (χ0n) is 14.3. The highest BCUT2D eigenvalue weighted by molar-refractivity contribution is 9.10. The molecule has 1 aromatic rings. The van der Waals surface area contributed by atoms with E-state index in [1.165, 1.54) is 36.6 Å². The molecule has 1 aromatic heterocycles. The average Bonchev–Trinajstić information content (AvgIpc) is 2.61. The van der Waals surface area contributed by atoms with Gasteiger partial charge in [-0.15, -0.1) is 0 Å². The van der Waals surface area contributed by atoms with Crippen molar-refractivity contribution in [2.24, 2.45) is 0 Å². The van der Waals surface area contributed by atoms with Crippen molar-refractivity contribution in [2.45, 2.75) is 78.3 Å². The second-order valence-corrected chi connectivity index (χ2v) is 20.4. The molecule has 0 radical (unpaired) electrons. The van der Waals surface area contributed by atoms with Gasteiger partial charge in [0.1, 0.15) is 0 Å². The minimum absolute atomic E-state index is 1.22. The number of hydrogen-bond donors (Lipinski definition) is 0. The summed E-state index contributed by atoms with van der Waals surface area (Å²) in [6.45, 7) is 17.2. The van der Waals surface area contributed by atoms with Gasteiger partial charge in [-0.1, -0.05) is 65.5 Å². The summed E-state index contributed by atoms with van der Waals surface area (Å²) in [4.78, 5) is 0. The molecule has 0 aromatic carbocycles. The lowest BCUT2D eigenvalue weighted by Crippen LogP contribution is -2.39. The van der Waals surface area contributed by atoms with Crippen molar-refractivity contribution >= 4 is 52.4 Å². The standard InChI is InChI=1S/C16H31BrSSi2/c1-8-9-10-11-12-13-14(17)16(20(5,6)7)18-15(13)19(2,3)4/h8-12H2,1-7H3. The van der Waals surface area contributed by atoms with Crippen LogP contribution in [0.15, 0.2) is 4.47 Å². The Morgan fingerprint density at radius 1 is 0.850 bits per heavy atom. The van der Waals surface area contributed by atoms with E-state index < -0.39 is 16.1 Å². The van der Waals surface area contributed by atoms with E-state index in [-0.39, 0.29) is 0 Å². The van der Waals surface area contributed by atoms with Crippen LogP contribution in [0.5, 0.6) is 0 Å². The molecule has 1 rings (SSSR count). The van der Waals surface area contributed by atoms with Crippen LogP contribution in [-0.2, 0) is 6.42 Å². The van der Waals surface area contributed by atoms with E-state index in [2.05, 4.69) is 73.5 Å². The van der Waals surface area contributed by atoms with Crippen LogP contribution in [0.4, 0.5) is 0 Å². The van der Waals surface area contributed by atoms with Gasteiger partial charge in [0, 0.05) is 8.97 Å². The van der Waals surface area contributed by atoms with E-state index in [4.69, 9.17) is 0 Å². The molecule has 0 nitrogen and oxygen atoms in total. The van der Waals surface area contributed by atoms with Crippen molar-refractivity contribution < 1.29 is 0 Å². The van der Waals surface area contributed by atoms with Crippen molar-refractivity contribution in [3.8, 4) is 0 Å². The third kappa shape index (κ3) is 4.82. The molecule has 0 saturated carbocycles. The number of unbranched alkanes of at least 4 members (excludes halogenated alkanes) is 3. The molecule has 1 heterocycles. The molecule has 0 saturated heterocycles. The summed E-state index contributed by atoms with van der Waals surface area (Å²) in [5, 5.41) is 0. The van der Waals surface area contributed by atoms with Crippen LogP contribution in [-0.4, -0.2) is 16.1 Å². The third-order valence-corrected chi connectivity index (χ3v) is 13.5. The molecule has 0 fully saturated rings. The molecule has 0 N–H and O–H groups in total. The van der Waals surface area contributed by atoms with Gasteiger partial charge < -0.3 is 0 Å². The monoisotopic (exact) mass is 390 g/mol. The van der Waals surface area contributed by atoms with Crippen LogP contribution in [0.3, 0.4) is 0 Å². The predicted octanol–water partition coefficient (Wildman–Crippen LogP) is 5.72. The molecule has 116 valence electrons. The summed E-state index contributed by atoms with van der Waals surface area (Å²) in [5.74, 6) is 0. The van der Waals surface area contributed by atoms with Crippen LogP contribution in [0.2, 0.25) is 39.3 Å². The highest BCUT2D eigenvalue weighted by atomic mass is 79.9. The van der Waals surface area contributed by atoms with Gasteiger partial charge in [-0.25, -0.2) is 0 Å². The van der Waals surface area contributed by atoms with Crippen LogP contribution in [0, 0.1) is 0 Å². The molecule has 0 aliphatic rings. The highest BCUT2D eigenvalue weighted by Gasteiger charge is 2.31. The lowest BCUT2D eigenvalue weighted by atomic mass is 10.1. The quantitative estimate of drug-likeness (QED) is 0.412. The van der Waals surface area contributed by atoms with Gasteiger partial charge in [0.2, 0.25) is 0 Å². The first-order valence-electron chi connectivity index (χ1n) is 7.91. The maximum atomic E-state index is 3.97. The number of thiophene rings is 1. The van der Waals surface area contributed by atoms with E-state index >= 15 is 0 Å². The first-order valence-corrected chi connectivity index (χ1v) is 16.5. The molecule has 4 heteroatoms. The van der Waals surface area contributed by atoms with E-state index in [0.29, 0.717) is 0 Å². The highest BCUT2D eigenvalue weighted by Crippen LogP contribution is 2.26. The van der Waals surface area contributed by atoms with Crippen molar-refractivity contribution in [1.82, 2.24) is 0 Å². The number of halogens is 1. The topological polar surface area (TPSA) is 0 Å². The molecular weight excluding hydrogens is 360 g/mol. The summed E-state index contributed by atoms with van der Waals surface area (Å²) in [6.07, 6.45) is 6.72. The minimum Gasteiger partial charge on any atom is -0.153 e. The zero-order chi connectivity index (χ0) is 15.6. The van der Waals surface area contributed by atoms with Gasteiger partial charge in [-0.2, -0.15) is 11.3 Å². The van der Waals surface area contributed by atoms with Crippen molar-refractivity contribution in [3.05, 3.63) is 10.0 Å². The van der Waals surface area contributed by atoms with Gasteiger partial charge in [-0.05, 0) is 38.8 Å². The van der Waals surface area contributed by atoms with Crippen LogP contribution < -0.4 is 9.00 Å². The first-order chi connectivity index (χ1) is 9.09. The lowest BCUT2D eigenvalue weighted by Gasteiger charge is -2.17. The van der Waals surface area contributed by atoms with E-state index in [0.717, 1.165) is 0 Å². The van der Waals surface area contributed by atoms with Gasteiger partial charge in [0.15, 0.2) is 0 Å². The normalized spacial score (nSPS) is 13.0. The molecule has 0 unspecified atom stereocenters. The maximum Gasteiger partial charge on any atom is 0.0919 e. The number of rotatable bonds is 7. The van der Waals surface area contributed by atoms with E-state index in [1.807, 2.05) is 0 Å².